The third-order valence-electron chi connectivity index (χ3n) is 5.31. The Kier molecular flexibility index (Phi) is 5.49. The Bertz CT molecular complexity index is 922. The molecule has 2 amide bonds. The molecule has 7 nitrogen and oxygen atoms in total. The summed E-state index contributed by atoms with van der Waals surface area (Å²) in [7, 11) is 0. The molecular weight excluding hydrogens is 394 g/mol. The maximum Gasteiger partial charge on any atom is 0.415 e. The number of hydrogen-bond donors (Lipinski definition) is 0. The van der Waals surface area contributed by atoms with Gasteiger partial charge in [-0.3, -0.25) is 14.5 Å². The molecule has 1 aromatic carbocycles. The van der Waals surface area contributed by atoms with Crippen molar-refractivity contribution < 1.29 is 19.1 Å². The Balaban J connectivity index is 1.35. The van der Waals surface area contributed by atoms with Crippen LogP contribution in [-0.2, 0) is 4.74 Å². The number of amides is 2. The predicted octanol–water partition coefficient (Wildman–Crippen LogP) is 3.43. The van der Waals surface area contributed by atoms with Crippen LogP contribution in [0.2, 0.25) is 5.02 Å². The van der Waals surface area contributed by atoms with E-state index in [0.29, 0.717) is 61.1 Å². The molecule has 0 unspecified atom stereocenters. The Morgan fingerprint density at radius 1 is 1.00 bits per heavy atom. The van der Waals surface area contributed by atoms with Crippen LogP contribution in [0.1, 0.15) is 33.6 Å². The van der Waals surface area contributed by atoms with Crippen molar-refractivity contribution in [2.45, 2.75) is 12.8 Å². The molecule has 0 aliphatic carbocycles. The first-order chi connectivity index (χ1) is 14.0. The van der Waals surface area contributed by atoms with Gasteiger partial charge in [0, 0.05) is 35.8 Å². The van der Waals surface area contributed by atoms with Crippen molar-refractivity contribution in [3.63, 3.8) is 0 Å². The fraction of sp³-hybridized carbons (Fsp3) is 0.333. The Morgan fingerprint density at radius 2 is 1.69 bits per heavy atom. The number of nitrogens with zero attached hydrogens (tertiary/aromatic N) is 3. The number of anilines is 1. The van der Waals surface area contributed by atoms with Gasteiger partial charge in [-0.2, -0.15) is 0 Å². The fourth-order valence-corrected chi connectivity index (χ4v) is 3.78. The zero-order valence-electron chi connectivity index (χ0n) is 15.7. The van der Waals surface area contributed by atoms with Crippen LogP contribution < -0.4 is 4.90 Å². The van der Waals surface area contributed by atoms with Crippen LogP contribution in [0.15, 0.2) is 42.6 Å². The summed E-state index contributed by atoms with van der Waals surface area (Å²) < 4.78 is 4.90. The molecule has 2 aromatic rings. The number of pyridine rings is 1. The predicted molar refractivity (Wildman–Crippen MR) is 107 cm³/mol. The van der Waals surface area contributed by atoms with E-state index in [9.17, 15) is 14.4 Å². The topological polar surface area (TPSA) is 79.8 Å². The Hall–Kier alpha value is -2.93. The average Bonchev–Trinajstić information content (AvgIpc) is 3.19. The largest absolute Gasteiger partial charge is 0.447 e. The van der Waals surface area contributed by atoms with Gasteiger partial charge in [0.1, 0.15) is 12.4 Å². The lowest BCUT2D eigenvalue weighted by molar-refractivity contribution is 0.0650. The van der Waals surface area contributed by atoms with E-state index >= 15 is 0 Å². The lowest BCUT2D eigenvalue weighted by Crippen LogP contribution is -2.40. The van der Waals surface area contributed by atoms with Gasteiger partial charge in [0.25, 0.3) is 5.91 Å². The van der Waals surface area contributed by atoms with Crippen molar-refractivity contribution in [3.05, 3.63) is 58.7 Å². The molecule has 0 bridgehead atoms. The van der Waals surface area contributed by atoms with E-state index in [1.165, 1.54) is 11.1 Å². The summed E-state index contributed by atoms with van der Waals surface area (Å²) in [5.74, 6) is 0.348. The second-order valence-electron chi connectivity index (χ2n) is 7.11. The normalized spacial score (nSPS) is 17.3. The highest BCUT2D eigenvalue weighted by molar-refractivity contribution is 6.30. The van der Waals surface area contributed by atoms with Crippen LogP contribution >= 0.6 is 11.6 Å². The lowest BCUT2D eigenvalue weighted by Gasteiger charge is -2.31. The van der Waals surface area contributed by atoms with Crippen molar-refractivity contribution in [2.75, 3.05) is 31.1 Å². The molecule has 0 atom stereocenters. The SMILES string of the molecule is O=C(c1ccc(Cl)cc1)C1CCN(C(=O)c2ccc(N3CCOC3=O)nc2)CC1. The van der Waals surface area contributed by atoms with Gasteiger partial charge >= 0.3 is 6.09 Å². The van der Waals surface area contributed by atoms with Crippen molar-refractivity contribution in [1.82, 2.24) is 9.88 Å². The minimum absolute atomic E-state index is 0.0947. The molecule has 0 radical (unpaired) electrons. The number of halogens is 1. The molecule has 150 valence electrons. The lowest BCUT2D eigenvalue weighted by atomic mass is 9.88. The minimum atomic E-state index is -0.427. The van der Waals surface area contributed by atoms with Crippen LogP contribution in [-0.4, -0.2) is 53.9 Å². The number of aromatic nitrogens is 1. The summed E-state index contributed by atoms with van der Waals surface area (Å²) in [6.07, 6.45) is 2.30. The molecule has 2 saturated heterocycles. The number of cyclic esters (lactones) is 1. The van der Waals surface area contributed by atoms with Crippen molar-refractivity contribution in [2.24, 2.45) is 5.92 Å². The third-order valence-corrected chi connectivity index (χ3v) is 5.57. The van der Waals surface area contributed by atoms with Gasteiger partial charge < -0.3 is 9.64 Å². The van der Waals surface area contributed by atoms with Gasteiger partial charge in [-0.1, -0.05) is 11.6 Å². The molecule has 1 aromatic heterocycles. The summed E-state index contributed by atoms with van der Waals surface area (Å²) in [4.78, 5) is 44.4. The number of rotatable bonds is 4. The van der Waals surface area contributed by atoms with Crippen LogP contribution in [0.4, 0.5) is 10.6 Å². The summed E-state index contributed by atoms with van der Waals surface area (Å²) in [6, 6.07) is 10.2. The monoisotopic (exact) mass is 413 g/mol. The van der Waals surface area contributed by atoms with Crippen LogP contribution in [0.25, 0.3) is 0 Å². The molecule has 4 rings (SSSR count). The van der Waals surface area contributed by atoms with Gasteiger partial charge in [-0.05, 0) is 49.2 Å². The van der Waals surface area contributed by atoms with E-state index in [1.807, 2.05) is 0 Å². The maximum atomic E-state index is 12.8. The quantitative estimate of drug-likeness (QED) is 0.717. The number of Topliss-reactive ketones (excluding diaryl/α,β-unsaturated/α-hetero) is 1. The van der Waals surface area contributed by atoms with Crippen molar-refractivity contribution in [3.8, 4) is 0 Å². The highest BCUT2D eigenvalue weighted by atomic mass is 35.5. The second kappa shape index (κ2) is 8.21. The number of carbonyl (C=O) groups is 3. The number of carbonyl (C=O) groups excluding carboxylic acids is 3. The first kappa shape index (κ1) is 19.4. The van der Waals surface area contributed by atoms with Crippen molar-refractivity contribution in [1.29, 1.82) is 0 Å². The van der Waals surface area contributed by atoms with Crippen LogP contribution in [0, 0.1) is 5.92 Å². The average molecular weight is 414 g/mol. The van der Waals surface area contributed by atoms with Gasteiger partial charge in [0.05, 0.1) is 12.1 Å². The van der Waals surface area contributed by atoms with Gasteiger partial charge in [-0.25, -0.2) is 9.78 Å². The van der Waals surface area contributed by atoms with E-state index in [4.69, 9.17) is 16.3 Å². The van der Waals surface area contributed by atoms with Gasteiger partial charge in [-0.15, -0.1) is 0 Å². The highest BCUT2D eigenvalue weighted by Crippen LogP contribution is 2.24. The second-order valence-corrected chi connectivity index (χ2v) is 7.55. The number of benzene rings is 1. The zero-order chi connectivity index (χ0) is 20.4. The summed E-state index contributed by atoms with van der Waals surface area (Å²) in [5, 5.41) is 0.600. The standard InChI is InChI=1S/C21H20ClN3O4/c22-17-4-1-14(2-5-17)19(26)15-7-9-24(10-8-15)20(27)16-3-6-18(23-13-16)25-11-12-29-21(25)28/h1-6,13,15H,7-12H2. The van der Waals surface area contributed by atoms with Crippen LogP contribution in [0.5, 0.6) is 0 Å². The van der Waals surface area contributed by atoms with E-state index in [1.54, 1.807) is 41.3 Å². The number of piperidine rings is 1. The molecule has 0 saturated carbocycles. The first-order valence-corrected chi connectivity index (χ1v) is 9.90. The minimum Gasteiger partial charge on any atom is -0.447 e. The molecule has 2 fully saturated rings. The first-order valence-electron chi connectivity index (χ1n) is 9.52. The summed E-state index contributed by atoms with van der Waals surface area (Å²) in [5.41, 5.74) is 1.11. The van der Waals surface area contributed by atoms with E-state index in [-0.39, 0.29) is 17.6 Å². The van der Waals surface area contributed by atoms with Crippen molar-refractivity contribution >= 4 is 35.2 Å². The number of likely N-dealkylation sites (tertiary alicyclic amines) is 1. The summed E-state index contributed by atoms with van der Waals surface area (Å²) >= 11 is 5.88. The van der Waals surface area contributed by atoms with Gasteiger partial charge in [0.15, 0.2) is 5.78 Å². The highest BCUT2D eigenvalue weighted by Gasteiger charge is 2.29. The molecular formula is C21H20ClN3O4. The molecule has 29 heavy (non-hydrogen) atoms. The Morgan fingerprint density at radius 3 is 2.28 bits per heavy atom. The molecule has 3 heterocycles. The van der Waals surface area contributed by atoms with Crippen LogP contribution in [0.3, 0.4) is 0 Å². The number of hydrogen-bond acceptors (Lipinski definition) is 5. The molecule has 2 aliphatic rings. The fourth-order valence-electron chi connectivity index (χ4n) is 3.65. The molecule has 2 aliphatic heterocycles. The smallest absolute Gasteiger partial charge is 0.415 e. The molecule has 0 N–H and O–H groups in total. The Labute approximate surface area is 173 Å². The number of ketones is 1. The van der Waals surface area contributed by atoms with E-state index in [2.05, 4.69) is 4.98 Å². The maximum absolute atomic E-state index is 12.8. The van der Waals surface area contributed by atoms with Gasteiger partial charge in [0.2, 0.25) is 0 Å². The zero-order valence-corrected chi connectivity index (χ0v) is 16.5. The van der Waals surface area contributed by atoms with E-state index < -0.39 is 6.09 Å². The third kappa shape index (κ3) is 4.10. The number of ether oxygens (including phenoxy) is 1. The summed E-state index contributed by atoms with van der Waals surface area (Å²) in [6.45, 7) is 1.82. The van der Waals surface area contributed by atoms with E-state index in [0.717, 1.165) is 0 Å². The molecule has 0 spiro atoms. The molecule has 8 heteroatoms.